The molecule has 1 saturated carbocycles. The molecule has 1 aliphatic carbocycles. The third-order valence-corrected chi connectivity index (χ3v) is 5.11. The van der Waals surface area contributed by atoms with Crippen LogP contribution in [0.3, 0.4) is 0 Å². The van der Waals surface area contributed by atoms with Crippen LogP contribution in [0, 0.1) is 5.82 Å². The van der Waals surface area contributed by atoms with Crippen LogP contribution in [-0.2, 0) is 12.3 Å². The number of rotatable bonds is 6. The highest BCUT2D eigenvalue weighted by Crippen LogP contribution is 2.31. The van der Waals surface area contributed by atoms with Crippen molar-refractivity contribution in [2.45, 2.75) is 36.1 Å². The van der Waals surface area contributed by atoms with E-state index in [0.717, 1.165) is 27.6 Å². The summed E-state index contributed by atoms with van der Waals surface area (Å²) in [6.45, 7) is 0.729. The second-order valence-electron chi connectivity index (χ2n) is 5.26. The van der Waals surface area contributed by atoms with Crippen molar-refractivity contribution < 1.29 is 4.39 Å². The maximum absolute atomic E-state index is 14.1. The molecule has 0 bridgehead atoms. The van der Waals surface area contributed by atoms with E-state index in [1.54, 1.807) is 6.07 Å². The third kappa shape index (κ3) is 4.00. The lowest BCUT2D eigenvalue weighted by atomic mass is 10.2. The fourth-order valence-corrected chi connectivity index (χ4v) is 3.53. The summed E-state index contributed by atoms with van der Waals surface area (Å²) >= 11 is 7.68. The number of benzene rings is 2. The largest absolute Gasteiger partial charge is 0.310 e. The molecular weight excluding hydrogens is 305 g/mol. The SMILES string of the molecule is Fc1cccc(CNC2CC2)c1SCc1ccccc1Cl. The fraction of sp³-hybridized carbons (Fsp3) is 0.294. The summed E-state index contributed by atoms with van der Waals surface area (Å²) in [5.74, 6) is 0.527. The van der Waals surface area contributed by atoms with Crippen LogP contribution in [0.2, 0.25) is 5.02 Å². The minimum Gasteiger partial charge on any atom is -0.310 e. The first-order valence-corrected chi connectivity index (χ1v) is 8.47. The van der Waals surface area contributed by atoms with E-state index in [-0.39, 0.29) is 5.82 Å². The number of thioether (sulfide) groups is 1. The van der Waals surface area contributed by atoms with Gasteiger partial charge in [0, 0.05) is 28.3 Å². The molecule has 0 aromatic heterocycles. The second kappa shape index (κ2) is 6.82. The zero-order chi connectivity index (χ0) is 14.7. The Morgan fingerprint density at radius 3 is 2.62 bits per heavy atom. The summed E-state index contributed by atoms with van der Waals surface area (Å²) in [6.07, 6.45) is 2.47. The summed E-state index contributed by atoms with van der Waals surface area (Å²) in [4.78, 5) is 0.727. The molecule has 21 heavy (non-hydrogen) atoms. The molecule has 4 heteroatoms. The lowest BCUT2D eigenvalue weighted by Gasteiger charge is -2.11. The molecule has 1 nitrogen and oxygen atoms in total. The van der Waals surface area contributed by atoms with E-state index in [1.807, 2.05) is 30.3 Å². The Bertz CT molecular complexity index is 628. The van der Waals surface area contributed by atoms with Crippen LogP contribution in [0.5, 0.6) is 0 Å². The Morgan fingerprint density at radius 2 is 1.86 bits per heavy atom. The van der Waals surface area contributed by atoms with Gasteiger partial charge in [-0.15, -0.1) is 11.8 Å². The summed E-state index contributed by atoms with van der Waals surface area (Å²) in [5, 5.41) is 4.18. The average Bonchev–Trinajstić information content (AvgIpc) is 3.30. The molecule has 110 valence electrons. The molecule has 0 amide bonds. The van der Waals surface area contributed by atoms with Crippen molar-refractivity contribution in [2.24, 2.45) is 0 Å². The van der Waals surface area contributed by atoms with Gasteiger partial charge in [-0.1, -0.05) is 41.9 Å². The van der Waals surface area contributed by atoms with E-state index < -0.39 is 0 Å². The van der Waals surface area contributed by atoms with Gasteiger partial charge in [0.15, 0.2) is 0 Å². The third-order valence-electron chi connectivity index (χ3n) is 3.54. The van der Waals surface area contributed by atoms with E-state index in [9.17, 15) is 4.39 Å². The molecule has 0 radical (unpaired) electrons. The van der Waals surface area contributed by atoms with Gasteiger partial charge in [0.2, 0.25) is 0 Å². The van der Waals surface area contributed by atoms with Gasteiger partial charge in [0.05, 0.1) is 0 Å². The molecule has 0 saturated heterocycles. The molecule has 1 aliphatic rings. The number of hydrogen-bond donors (Lipinski definition) is 1. The molecule has 1 fully saturated rings. The van der Waals surface area contributed by atoms with Crippen LogP contribution in [0.4, 0.5) is 4.39 Å². The molecule has 0 aliphatic heterocycles. The van der Waals surface area contributed by atoms with Crippen LogP contribution in [0.15, 0.2) is 47.4 Å². The molecule has 1 N–H and O–H groups in total. The highest BCUT2D eigenvalue weighted by atomic mass is 35.5. The first-order valence-electron chi connectivity index (χ1n) is 7.11. The van der Waals surface area contributed by atoms with Crippen LogP contribution >= 0.6 is 23.4 Å². The predicted molar refractivity (Wildman–Crippen MR) is 87.3 cm³/mol. The molecule has 0 heterocycles. The van der Waals surface area contributed by atoms with Gasteiger partial charge >= 0.3 is 0 Å². The minimum atomic E-state index is -0.151. The Hall–Kier alpha value is -1.03. The summed E-state index contributed by atoms with van der Waals surface area (Å²) in [7, 11) is 0. The summed E-state index contributed by atoms with van der Waals surface area (Å²) in [6, 6.07) is 13.6. The van der Waals surface area contributed by atoms with Crippen LogP contribution < -0.4 is 5.32 Å². The predicted octanol–water partition coefficient (Wildman–Crippen LogP) is 5.02. The molecule has 0 unspecified atom stereocenters. The van der Waals surface area contributed by atoms with Gasteiger partial charge in [-0.3, -0.25) is 0 Å². The topological polar surface area (TPSA) is 12.0 Å². The van der Waals surface area contributed by atoms with Crippen molar-refractivity contribution in [1.82, 2.24) is 5.32 Å². The normalized spacial score (nSPS) is 14.4. The van der Waals surface area contributed by atoms with E-state index in [4.69, 9.17) is 11.6 Å². The summed E-state index contributed by atoms with van der Waals surface area (Å²) in [5.41, 5.74) is 2.06. The Kier molecular flexibility index (Phi) is 4.84. The van der Waals surface area contributed by atoms with E-state index in [1.165, 1.54) is 30.7 Å². The van der Waals surface area contributed by atoms with E-state index in [2.05, 4.69) is 5.32 Å². The second-order valence-corrected chi connectivity index (χ2v) is 6.66. The zero-order valence-corrected chi connectivity index (χ0v) is 13.2. The van der Waals surface area contributed by atoms with Crippen molar-refractivity contribution in [3.8, 4) is 0 Å². The first kappa shape index (κ1) is 14.9. The Labute approximate surface area is 133 Å². The van der Waals surface area contributed by atoms with Crippen LogP contribution in [-0.4, -0.2) is 6.04 Å². The van der Waals surface area contributed by atoms with Crippen molar-refractivity contribution in [3.05, 3.63) is 64.4 Å². The number of hydrogen-bond acceptors (Lipinski definition) is 2. The molecule has 3 rings (SSSR count). The van der Waals surface area contributed by atoms with Crippen LogP contribution in [0.1, 0.15) is 24.0 Å². The lowest BCUT2D eigenvalue weighted by Crippen LogP contribution is -2.16. The highest BCUT2D eigenvalue weighted by Gasteiger charge is 2.21. The van der Waals surface area contributed by atoms with Crippen molar-refractivity contribution in [2.75, 3.05) is 0 Å². The van der Waals surface area contributed by atoms with Gasteiger partial charge < -0.3 is 5.32 Å². The monoisotopic (exact) mass is 321 g/mol. The summed E-state index contributed by atoms with van der Waals surface area (Å²) < 4.78 is 14.1. The van der Waals surface area contributed by atoms with E-state index >= 15 is 0 Å². The fourth-order valence-electron chi connectivity index (χ4n) is 2.16. The minimum absolute atomic E-state index is 0.151. The molecule has 0 atom stereocenters. The Balaban J connectivity index is 1.72. The molecule has 2 aromatic carbocycles. The zero-order valence-electron chi connectivity index (χ0n) is 11.6. The Morgan fingerprint density at radius 1 is 1.10 bits per heavy atom. The average molecular weight is 322 g/mol. The lowest BCUT2D eigenvalue weighted by molar-refractivity contribution is 0.589. The maximum Gasteiger partial charge on any atom is 0.137 e. The highest BCUT2D eigenvalue weighted by molar-refractivity contribution is 7.98. The van der Waals surface area contributed by atoms with Crippen molar-refractivity contribution in [1.29, 1.82) is 0 Å². The molecule has 0 spiro atoms. The maximum atomic E-state index is 14.1. The standard InChI is InChI=1S/C17H17ClFNS/c18-15-6-2-1-4-13(15)11-21-17-12(5-3-7-16(17)19)10-20-14-8-9-14/h1-7,14,20H,8-11H2. The van der Waals surface area contributed by atoms with Crippen LogP contribution in [0.25, 0.3) is 0 Å². The van der Waals surface area contributed by atoms with Crippen molar-refractivity contribution >= 4 is 23.4 Å². The van der Waals surface area contributed by atoms with Gasteiger partial charge in [-0.25, -0.2) is 4.39 Å². The quantitative estimate of drug-likeness (QED) is 0.749. The smallest absolute Gasteiger partial charge is 0.137 e. The van der Waals surface area contributed by atoms with E-state index in [0.29, 0.717) is 11.8 Å². The van der Waals surface area contributed by atoms with Gasteiger partial charge in [0.25, 0.3) is 0 Å². The van der Waals surface area contributed by atoms with Gasteiger partial charge in [-0.2, -0.15) is 0 Å². The number of halogens is 2. The number of nitrogens with one attached hydrogen (secondary N) is 1. The molecular formula is C17H17ClFNS. The van der Waals surface area contributed by atoms with Crippen molar-refractivity contribution in [3.63, 3.8) is 0 Å². The molecule has 2 aromatic rings. The van der Waals surface area contributed by atoms with Gasteiger partial charge in [-0.05, 0) is 36.1 Å². The van der Waals surface area contributed by atoms with Gasteiger partial charge in [0.1, 0.15) is 5.82 Å². The first-order chi connectivity index (χ1) is 10.2.